The van der Waals surface area contributed by atoms with E-state index in [9.17, 15) is 9.90 Å². The fourth-order valence-electron chi connectivity index (χ4n) is 2.40. The molecule has 4 nitrogen and oxygen atoms in total. The van der Waals surface area contributed by atoms with Gasteiger partial charge in [0.15, 0.2) is 5.76 Å². The average Bonchev–Trinajstić information content (AvgIpc) is 2.82. The number of rotatable bonds is 5. The molecule has 1 heterocycles. The van der Waals surface area contributed by atoms with Gasteiger partial charge in [-0.25, -0.2) is 0 Å². The van der Waals surface area contributed by atoms with E-state index in [2.05, 4.69) is 5.32 Å². The molecule has 1 aromatic carbocycles. The zero-order chi connectivity index (χ0) is 15.6. The van der Waals surface area contributed by atoms with E-state index < -0.39 is 5.54 Å². The van der Waals surface area contributed by atoms with Crippen LogP contribution in [0.25, 0.3) is 11.0 Å². The van der Waals surface area contributed by atoms with E-state index in [-0.39, 0.29) is 18.3 Å². The Labute approximate surface area is 129 Å². The molecule has 0 aliphatic carbocycles. The van der Waals surface area contributed by atoms with Crippen LogP contribution >= 0.6 is 11.6 Å². The largest absolute Gasteiger partial charge is 0.451 e. The lowest BCUT2D eigenvalue weighted by molar-refractivity contribution is 0.0791. The van der Waals surface area contributed by atoms with Crippen molar-refractivity contribution in [3.05, 3.63) is 34.5 Å². The van der Waals surface area contributed by atoms with E-state index >= 15 is 0 Å². The van der Waals surface area contributed by atoms with Crippen LogP contribution in [-0.2, 0) is 0 Å². The number of aryl methyl sites for hydroxylation is 1. The van der Waals surface area contributed by atoms with Crippen molar-refractivity contribution in [2.45, 2.75) is 39.2 Å². The fraction of sp³-hybridized carbons (Fsp3) is 0.438. The molecule has 0 unspecified atom stereocenters. The second-order valence-electron chi connectivity index (χ2n) is 5.30. The van der Waals surface area contributed by atoms with Gasteiger partial charge in [0.2, 0.25) is 0 Å². The van der Waals surface area contributed by atoms with Gasteiger partial charge in [-0.05, 0) is 38.0 Å². The van der Waals surface area contributed by atoms with E-state index in [1.54, 1.807) is 18.2 Å². The lowest BCUT2D eigenvalue weighted by Crippen LogP contribution is -2.50. The van der Waals surface area contributed by atoms with Gasteiger partial charge in [-0.2, -0.15) is 0 Å². The molecule has 21 heavy (non-hydrogen) atoms. The number of hydrogen-bond donors (Lipinski definition) is 2. The number of aliphatic hydroxyl groups is 1. The minimum Gasteiger partial charge on any atom is -0.451 e. The SMILES string of the molecule is CCC(CC)(CO)NC(=O)c1oc2ccc(Cl)cc2c1C. The summed E-state index contributed by atoms with van der Waals surface area (Å²) < 4.78 is 5.64. The Hall–Kier alpha value is -1.52. The van der Waals surface area contributed by atoms with Gasteiger partial charge in [0.25, 0.3) is 5.91 Å². The maximum absolute atomic E-state index is 12.5. The van der Waals surface area contributed by atoms with Gasteiger partial charge in [-0.15, -0.1) is 0 Å². The van der Waals surface area contributed by atoms with Crippen LogP contribution in [0.2, 0.25) is 5.02 Å². The standard InChI is InChI=1S/C16H20ClNO3/c1-4-16(5-2,9-19)18-15(20)14-10(3)12-8-11(17)6-7-13(12)21-14/h6-8,19H,4-5,9H2,1-3H3,(H,18,20). The maximum atomic E-state index is 12.5. The Kier molecular flexibility index (Phi) is 4.59. The Bertz CT molecular complexity index is 651. The molecule has 5 heteroatoms. The van der Waals surface area contributed by atoms with Crippen LogP contribution in [0.1, 0.15) is 42.8 Å². The van der Waals surface area contributed by atoms with Gasteiger partial charge in [0.1, 0.15) is 5.58 Å². The zero-order valence-corrected chi connectivity index (χ0v) is 13.3. The first kappa shape index (κ1) is 15.9. The van der Waals surface area contributed by atoms with Crippen molar-refractivity contribution in [1.82, 2.24) is 5.32 Å². The molecule has 2 N–H and O–H groups in total. The predicted octanol–water partition coefficient (Wildman–Crippen LogP) is 3.68. The van der Waals surface area contributed by atoms with Crippen LogP contribution in [0.4, 0.5) is 0 Å². The molecule has 1 aromatic heterocycles. The summed E-state index contributed by atoms with van der Waals surface area (Å²) in [6.45, 7) is 5.60. The van der Waals surface area contributed by atoms with Crippen LogP contribution < -0.4 is 5.32 Å². The summed E-state index contributed by atoms with van der Waals surface area (Å²) in [4.78, 5) is 12.5. The van der Waals surface area contributed by atoms with Gasteiger partial charge in [0.05, 0.1) is 12.1 Å². The molecule has 0 atom stereocenters. The van der Waals surface area contributed by atoms with Crippen LogP contribution in [0.5, 0.6) is 0 Å². The highest BCUT2D eigenvalue weighted by Crippen LogP contribution is 2.28. The molecule has 0 spiro atoms. The van der Waals surface area contributed by atoms with Crippen molar-refractivity contribution in [2.75, 3.05) is 6.61 Å². The monoisotopic (exact) mass is 309 g/mol. The minimum absolute atomic E-state index is 0.100. The third kappa shape index (κ3) is 2.92. The first-order valence-corrected chi connectivity index (χ1v) is 7.46. The van der Waals surface area contributed by atoms with Gasteiger partial charge < -0.3 is 14.8 Å². The number of hydrogen-bond acceptors (Lipinski definition) is 3. The van der Waals surface area contributed by atoms with Gasteiger partial charge in [-0.1, -0.05) is 25.4 Å². The summed E-state index contributed by atoms with van der Waals surface area (Å²) in [7, 11) is 0. The third-order valence-corrected chi connectivity index (χ3v) is 4.37. The van der Waals surface area contributed by atoms with Crippen molar-refractivity contribution in [1.29, 1.82) is 0 Å². The topological polar surface area (TPSA) is 62.5 Å². The molecule has 2 rings (SSSR count). The van der Waals surface area contributed by atoms with Crippen LogP contribution in [0.3, 0.4) is 0 Å². The summed E-state index contributed by atoms with van der Waals surface area (Å²) in [5.74, 6) is -0.0374. The zero-order valence-electron chi connectivity index (χ0n) is 12.5. The Morgan fingerprint density at radius 2 is 2.05 bits per heavy atom. The van der Waals surface area contributed by atoms with Crippen LogP contribution in [0, 0.1) is 6.92 Å². The van der Waals surface area contributed by atoms with Crippen LogP contribution in [-0.4, -0.2) is 23.2 Å². The van der Waals surface area contributed by atoms with Gasteiger partial charge in [0, 0.05) is 16.0 Å². The van der Waals surface area contributed by atoms with Gasteiger partial charge >= 0.3 is 0 Å². The number of nitrogens with one attached hydrogen (secondary N) is 1. The molecule has 2 aromatic rings. The number of benzene rings is 1. The number of amides is 1. The Morgan fingerprint density at radius 3 is 2.62 bits per heavy atom. The number of carbonyl (C=O) groups is 1. The minimum atomic E-state index is -0.611. The molecular formula is C16H20ClNO3. The fourth-order valence-corrected chi connectivity index (χ4v) is 2.57. The highest BCUT2D eigenvalue weighted by molar-refractivity contribution is 6.31. The van der Waals surface area contributed by atoms with Crippen molar-refractivity contribution in [3.63, 3.8) is 0 Å². The summed E-state index contributed by atoms with van der Waals surface area (Å²) in [6.07, 6.45) is 1.30. The highest BCUT2D eigenvalue weighted by atomic mass is 35.5. The molecule has 0 radical (unpaired) electrons. The van der Waals surface area contributed by atoms with E-state index in [4.69, 9.17) is 16.0 Å². The molecule has 0 bridgehead atoms. The molecule has 1 amide bonds. The summed E-state index contributed by atoms with van der Waals surface area (Å²) in [5.41, 5.74) is 0.772. The van der Waals surface area contributed by atoms with Crippen molar-refractivity contribution >= 4 is 28.5 Å². The number of furan rings is 1. The van der Waals surface area contributed by atoms with E-state index in [1.165, 1.54) is 0 Å². The summed E-state index contributed by atoms with van der Waals surface area (Å²) in [6, 6.07) is 5.26. The molecule has 0 fully saturated rings. The molecular weight excluding hydrogens is 290 g/mol. The van der Waals surface area contributed by atoms with Gasteiger partial charge in [-0.3, -0.25) is 4.79 Å². The average molecular weight is 310 g/mol. The van der Waals surface area contributed by atoms with Crippen molar-refractivity contribution < 1.29 is 14.3 Å². The first-order valence-electron chi connectivity index (χ1n) is 7.08. The summed E-state index contributed by atoms with van der Waals surface area (Å²) in [5, 5.41) is 13.9. The quantitative estimate of drug-likeness (QED) is 0.885. The van der Waals surface area contributed by atoms with Crippen LogP contribution in [0.15, 0.2) is 22.6 Å². The van der Waals surface area contributed by atoms with Crippen molar-refractivity contribution in [2.24, 2.45) is 0 Å². The summed E-state index contributed by atoms with van der Waals surface area (Å²) >= 11 is 5.98. The molecule has 0 saturated heterocycles. The van der Waals surface area contributed by atoms with E-state index in [0.29, 0.717) is 23.4 Å². The Balaban J connectivity index is 2.38. The van der Waals surface area contributed by atoms with E-state index in [1.807, 2.05) is 20.8 Å². The smallest absolute Gasteiger partial charge is 0.287 e. The Morgan fingerprint density at radius 1 is 1.38 bits per heavy atom. The van der Waals surface area contributed by atoms with E-state index in [0.717, 1.165) is 10.9 Å². The number of aliphatic hydroxyl groups excluding tert-OH is 1. The highest BCUT2D eigenvalue weighted by Gasteiger charge is 2.29. The predicted molar refractivity (Wildman–Crippen MR) is 83.8 cm³/mol. The second kappa shape index (κ2) is 6.08. The number of fused-ring (bicyclic) bond motifs is 1. The molecule has 0 aliphatic heterocycles. The molecule has 0 saturated carbocycles. The molecule has 0 aliphatic rings. The lowest BCUT2D eigenvalue weighted by Gasteiger charge is -2.30. The maximum Gasteiger partial charge on any atom is 0.287 e. The third-order valence-electron chi connectivity index (χ3n) is 4.14. The number of carbonyl (C=O) groups excluding carboxylic acids is 1. The molecule has 114 valence electrons. The van der Waals surface area contributed by atoms with Crippen molar-refractivity contribution in [3.8, 4) is 0 Å². The lowest BCUT2D eigenvalue weighted by atomic mass is 9.93. The normalized spacial score (nSPS) is 11.9. The number of halogens is 1. The first-order chi connectivity index (χ1) is 9.96. The second-order valence-corrected chi connectivity index (χ2v) is 5.73.